The number of nitrogens with zero attached hydrogens (tertiary/aromatic N) is 2. The molecule has 0 aliphatic carbocycles. The molecule has 1 aliphatic heterocycles. The summed E-state index contributed by atoms with van der Waals surface area (Å²) in [5.41, 5.74) is 0. The molecule has 104 valence electrons. The number of hydrogen-bond donors (Lipinski definition) is 1. The Morgan fingerprint density at radius 1 is 1.50 bits per heavy atom. The maximum atomic E-state index is 12.1. The van der Waals surface area contributed by atoms with Gasteiger partial charge in [-0.25, -0.2) is 4.79 Å². The first-order chi connectivity index (χ1) is 8.49. The Morgan fingerprint density at radius 2 is 2.17 bits per heavy atom. The van der Waals surface area contributed by atoms with Crippen molar-refractivity contribution in [3.05, 3.63) is 0 Å². The molecule has 1 saturated heterocycles. The van der Waals surface area contributed by atoms with Crippen LogP contribution in [0.5, 0.6) is 0 Å². The van der Waals surface area contributed by atoms with Crippen molar-refractivity contribution in [2.45, 2.75) is 25.8 Å². The van der Waals surface area contributed by atoms with Crippen molar-refractivity contribution in [1.82, 2.24) is 9.80 Å². The van der Waals surface area contributed by atoms with E-state index in [-0.39, 0.29) is 12.1 Å². The number of methoxy groups -OCH3 is 1. The van der Waals surface area contributed by atoms with Crippen LogP contribution in [-0.4, -0.2) is 66.8 Å². The number of amides is 2. The summed E-state index contributed by atoms with van der Waals surface area (Å²) in [5.74, 6) is -1.26. The highest BCUT2D eigenvalue weighted by Gasteiger charge is 2.38. The Hall–Kier alpha value is -1.30. The minimum atomic E-state index is -0.820. The van der Waals surface area contributed by atoms with E-state index in [1.54, 1.807) is 30.9 Å². The van der Waals surface area contributed by atoms with Crippen LogP contribution in [0.1, 0.15) is 19.8 Å². The van der Waals surface area contributed by atoms with Gasteiger partial charge in [0.15, 0.2) is 0 Å². The molecule has 0 aromatic heterocycles. The Bertz CT molecular complexity index is 308. The Morgan fingerprint density at radius 3 is 2.67 bits per heavy atom. The lowest BCUT2D eigenvalue weighted by molar-refractivity contribution is -0.142. The molecule has 1 rings (SSSR count). The van der Waals surface area contributed by atoms with E-state index < -0.39 is 11.9 Å². The van der Waals surface area contributed by atoms with Crippen LogP contribution in [0.4, 0.5) is 4.79 Å². The van der Waals surface area contributed by atoms with Gasteiger partial charge in [0.25, 0.3) is 0 Å². The molecule has 2 unspecified atom stereocenters. The molecular weight excluding hydrogens is 236 g/mol. The Labute approximate surface area is 107 Å². The van der Waals surface area contributed by atoms with Crippen molar-refractivity contribution < 1.29 is 19.4 Å². The fourth-order valence-corrected chi connectivity index (χ4v) is 2.30. The zero-order chi connectivity index (χ0) is 13.7. The molecule has 2 atom stereocenters. The predicted molar refractivity (Wildman–Crippen MR) is 66.4 cm³/mol. The first kappa shape index (κ1) is 14.8. The number of ether oxygens (including phenoxy) is 1. The summed E-state index contributed by atoms with van der Waals surface area (Å²) in [7, 11) is 3.36. The number of hydrogen-bond acceptors (Lipinski definition) is 3. The molecule has 1 N–H and O–H groups in total. The van der Waals surface area contributed by atoms with Crippen molar-refractivity contribution in [1.29, 1.82) is 0 Å². The smallest absolute Gasteiger partial charge is 0.320 e. The first-order valence-electron chi connectivity index (χ1n) is 6.22. The average Bonchev–Trinajstić information content (AvgIpc) is 2.70. The molecule has 2 amide bonds. The second kappa shape index (κ2) is 6.58. The fourth-order valence-electron chi connectivity index (χ4n) is 2.30. The molecule has 1 aliphatic rings. The van der Waals surface area contributed by atoms with Gasteiger partial charge >= 0.3 is 12.0 Å². The third-order valence-electron chi connectivity index (χ3n) is 3.49. The SMILES string of the molecule is COCCCN(C)C(=O)N1CCC(C(=O)O)C1C. The lowest BCUT2D eigenvalue weighted by Crippen LogP contribution is -2.45. The van der Waals surface area contributed by atoms with E-state index in [0.717, 1.165) is 6.42 Å². The number of likely N-dealkylation sites (tertiary alicyclic amines) is 1. The molecule has 0 aromatic rings. The van der Waals surface area contributed by atoms with Gasteiger partial charge in [0.2, 0.25) is 0 Å². The molecule has 0 radical (unpaired) electrons. The topological polar surface area (TPSA) is 70.1 Å². The fraction of sp³-hybridized carbons (Fsp3) is 0.833. The summed E-state index contributed by atoms with van der Waals surface area (Å²) in [6, 6.07) is -0.331. The number of aliphatic carboxylic acids is 1. The summed E-state index contributed by atoms with van der Waals surface area (Å²) in [4.78, 5) is 26.4. The van der Waals surface area contributed by atoms with Gasteiger partial charge in [0.05, 0.1) is 5.92 Å². The van der Waals surface area contributed by atoms with Gasteiger partial charge in [-0.1, -0.05) is 0 Å². The maximum Gasteiger partial charge on any atom is 0.320 e. The van der Waals surface area contributed by atoms with Gasteiger partial charge < -0.3 is 19.6 Å². The Balaban J connectivity index is 2.49. The van der Waals surface area contributed by atoms with E-state index in [1.165, 1.54) is 0 Å². The highest BCUT2D eigenvalue weighted by atomic mass is 16.5. The number of rotatable bonds is 5. The van der Waals surface area contributed by atoms with Gasteiger partial charge in [-0.3, -0.25) is 4.79 Å². The van der Waals surface area contributed by atoms with Crippen molar-refractivity contribution in [3.63, 3.8) is 0 Å². The van der Waals surface area contributed by atoms with Crippen LogP contribution in [0.2, 0.25) is 0 Å². The van der Waals surface area contributed by atoms with Crippen LogP contribution in [0.25, 0.3) is 0 Å². The van der Waals surface area contributed by atoms with Crippen LogP contribution in [0.15, 0.2) is 0 Å². The molecule has 0 saturated carbocycles. The van der Waals surface area contributed by atoms with Gasteiger partial charge in [0.1, 0.15) is 0 Å². The normalized spacial score (nSPS) is 23.2. The molecule has 18 heavy (non-hydrogen) atoms. The number of carbonyl (C=O) groups is 2. The summed E-state index contributed by atoms with van der Waals surface area (Å²) >= 11 is 0. The van der Waals surface area contributed by atoms with Crippen LogP contribution < -0.4 is 0 Å². The largest absolute Gasteiger partial charge is 0.481 e. The molecule has 0 bridgehead atoms. The van der Waals surface area contributed by atoms with E-state index >= 15 is 0 Å². The summed E-state index contributed by atoms with van der Waals surface area (Å²) in [5, 5.41) is 9.03. The van der Waals surface area contributed by atoms with Gasteiger partial charge in [0, 0.05) is 39.9 Å². The maximum absolute atomic E-state index is 12.1. The van der Waals surface area contributed by atoms with Crippen LogP contribution in [0, 0.1) is 5.92 Å². The lowest BCUT2D eigenvalue weighted by Gasteiger charge is -2.28. The van der Waals surface area contributed by atoms with E-state index in [2.05, 4.69) is 0 Å². The molecule has 1 fully saturated rings. The second-order valence-corrected chi connectivity index (χ2v) is 4.72. The van der Waals surface area contributed by atoms with Crippen molar-refractivity contribution in [3.8, 4) is 0 Å². The molecule has 6 heteroatoms. The van der Waals surface area contributed by atoms with E-state index in [0.29, 0.717) is 26.1 Å². The quantitative estimate of drug-likeness (QED) is 0.743. The summed E-state index contributed by atoms with van der Waals surface area (Å²) < 4.78 is 4.94. The predicted octanol–water partition coefficient (Wildman–Crippen LogP) is 0.870. The van der Waals surface area contributed by atoms with E-state index in [4.69, 9.17) is 9.84 Å². The van der Waals surface area contributed by atoms with E-state index in [9.17, 15) is 9.59 Å². The summed E-state index contributed by atoms with van der Waals surface area (Å²) in [6.07, 6.45) is 1.32. The van der Waals surface area contributed by atoms with Gasteiger partial charge in [-0.2, -0.15) is 0 Å². The zero-order valence-corrected chi connectivity index (χ0v) is 11.3. The lowest BCUT2D eigenvalue weighted by atomic mass is 10.0. The molecular formula is C12H22N2O4. The van der Waals surface area contributed by atoms with Crippen molar-refractivity contribution in [2.24, 2.45) is 5.92 Å². The van der Waals surface area contributed by atoms with Crippen molar-refractivity contribution >= 4 is 12.0 Å². The minimum Gasteiger partial charge on any atom is -0.481 e. The highest BCUT2D eigenvalue weighted by molar-refractivity contribution is 5.78. The van der Waals surface area contributed by atoms with Crippen molar-refractivity contribution in [2.75, 3.05) is 33.9 Å². The standard InChI is InChI=1S/C12H22N2O4/c1-9-10(11(15)16)5-7-14(9)12(17)13(2)6-4-8-18-3/h9-10H,4-8H2,1-3H3,(H,15,16). The monoisotopic (exact) mass is 258 g/mol. The zero-order valence-electron chi connectivity index (χ0n) is 11.3. The molecule has 1 heterocycles. The molecule has 0 spiro atoms. The van der Waals surface area contributed by atoms with Crippen LogP contribution in [0.3, 0.4) is 0 Å². The third-order valence-corrected chi connectivity index (χ3v) is 3.49. The minimum absolute atomic E-state index is 0.0950. The second-order valence-electron chi connectivity index (χ2n) is 4.72. The Kier molecular flexibility index (Phi) is 5.40. The van der Waals surface area contributed by atoms with Gasteiger partial charge in [-0.15, -0.1) is 0 Å². The third kappa shape index (κ3) is 3.35. The highest BCUT2D eigenvalue weighted by Crippen LogP contribution is 2.25. The molecule has 6 nitrogen and oxygen atoms in total. The van der Waals surface area contributed by atoms with Gasteiger partial charge in [-0.05, 0) is 19.8 Å². The number of carboxylic acid groups (broad SMARTS) is 1. The average molecular weight is 258 g/mol. The summed E-state index contributed by atoms with van der Waals surface area (Å²) in [6.45, 7) is 3.55. The van der Waals surface area contributed by atoms with Crippen LogP contribution in [-0.2, 0) is 9.53 Å². The number of urea groups is 1. The first-order valence-corrected chi connectivity index (χ1v) is 6.22. The van der Waals surface area contributed by atoms with E-state index in [1.807, 2.05) is 0 Å². The van der Waals surface area contributed by atoms with Crippen LogP contribution >= 0.6 is 0 Å². The number of carboxylic acids is 1. The number of carbonyl (C=O) groups excluding carboxylic acids is 1. The molecule has 0 aromatic carbocycles.